The highest BCUT2D eigenvalue weighted by Crippen LogP contribution is 2.03. The van der Waals surface area contributed by atoms with Crippen LogP contribution in [-0.4, -0.2) is 15.6 Å². The summed E-state index contributed by atoms with van der Waals surface area (Å²) < 4.78 is 1.61. The Morgan fingerprint density at radius 2 is 2.46 bits per heavy atom. The fourth-order valence-corrected chi connectivity index (χ4v) is 0.871. The van der Waals surface area contributed by atoms with Crippen LogP contribution in [0.2, 0.25) is 0 Å². The van der Waals surface area contributed by atoms with Gasteiger partial charge in [0.2, 0.25) is 0 Å². The number of aromatic nitrogens is 2. The third kappa shape index (κ3) is 2.27. The molecule has 1 aromatic rings. The fourth-order valence-electron chi connectivity index (χ4n) is 0.871. The van der Waals surface area contributed by atoms with Crippen LogP contribution in [-0.2, 0) is 11.8 Å². The molecule has 0 radical (unpaired) electrons. The summed E-state index contributed by atoms with van der Waals surface area (Å²) in [6.45, 7) is 1.36. The van der Waals surface area contributed by atoms with Gasteiger partial charge in [0.25, 0.3) is 0 Å². The lowest BCUT2D eigenvalue weighted by Gasteiger charge is -1.88. The molecule has 0 aliphatic carbocycles. The maximum absolute atomic E-state index is 10.9. The highest BCUT2D eigenvalue weighted by Gasteiger charge is 2.02. The van der Waals surface area contributed by atoms with Gasteiger partial charge in [0.15, 0.2) is 5.78 Å². The van der Waals surface area contributed by atoms with E-state index in [2.05, 4.69) is 5.10 Å². The van der Waals surface area contributed by atoms with E-state index < -0.39 is 0 Å². The van der Waals surface area contributed by atoms with Crippen LogP contribution in [0.1, 0.15) is 12.6 Å². The Bertz CT molecular complexity index is 395. The van der Waals surface area contributed by atoms with Gasteiger partial charge in [-0.2, -0.15) is 10.4 Å². The van der Waals surface area contributed by atoms with E-state index in [1.54, 1.807) is 24.0 Å². The summed E-state index contributed by atoms with van der Waals surface area (Å²) in [5.74, 6) is -0.242. The molecule has 0 aliphatic rings. The Balaban J connectivity index is 3.00. The zero-order valence-electron chi connectivity index (χ0n) is 7.48. The second kappa shape index (κ2) is 3.68. The Morgan fingerprint density at radius 1 is 1.77 bits per heavy atom. The van der Waals surface area contributed by atoms with Gasteiger partial charge in [-0.3, -0.25) is 9.48 Å². The van der Waals surface area contributed by atoms with Gasteiger partial charge in [-0.25, -0.2) is 0 Å². The molecule has 1 rings (SSSR count). The number of aryl methyl sites for hydroxylation is 1. The lowest BCUT2D eigenvalue weighted by Crippen LogP contribution is -1.94. The van der Waals surface area contributed by atoms with Gasteiger partial charge < -0.3 is 0 Å². The first-order chi connectivity index (χ1) is 6.13. The number of Topliss-reactive ketones (excluding diaryl/α,β-unsaturated/α-hetero) is 1. The quantitative estimate of drug-likeness (QED) is 0.496. The molecule has 0 bridgehead atoms. The molecule has 0 atom stereocenters. The lowest BCUT2D eigenvalue weighted by atomic mass is 10.2. The summed E-state index contributed by atoms with van der Waals surface area (Å²) in [6, 6.07) is 3.56. The molecule has 4 heteroatoms. The SMILES string of the molecule is CC(=O)/C(C#N)=C/c1ccn(C)n1. The molecule has 0 N–H and O–H groups in total. The summed E-state index contributed by atoms with van der Waals surface area (Å²) in [5, 5.41) is 12.6. The predicted octanol–water partition coefficient (Wildman–Crippen LogP) is 0.916. The summed E-state index contributed by atoms with van der Waals surface area (Å²) in [5.41, 5.74) is 0.743. The summed E-state index contributed by atoms with van der Waals surface area (Å²) >= 11 is 0. The van der Waals surface area contributed by atoms with Crippen LogP contribution in [0.25, 0.3) is 6.08 Å². The Labute approximate surface area is 76.1 Å². The van der Waals surface area contributed by atoms with Gasteiger partial charge in [-0.1, -0.05) is 0 Å². The maximum Gasteiger partial charge on any atom is 0.170 e. The predicted molar refractivity (Wildman–Crippen MR) is 47.5 cm³/mol. The smallest absolute Gasteiger partial charge is 0.170 e. The van der Waals surface area contributed by atoms with Crippen molar-refractivity contribution in [1.29, 1.82) is 5.26 Å². The molecule has 0 fully saturated rings. The highest BCUT2D eigenvalue weighted by atomic mass is 16.1. The van der Waals surface area contributed by atoms with Crippen molar-refractivity contribution >= 4 is 11.9 Å². The molecule has 0 aromatic carbocycles. The number of hydrogen-bond acceptors (Lipinski definition) is 3. The van der Waals surface area contributed by atoms with Crippen molar-refractivity contribution in [2.75, 3.05) is 0 Å². The largest absolute Gasteiger partial charge is 0.294 e. The second-order valence-electron chi connectivity index (χ2n) is 2.64. The third-order valence-electron chi connectivity index (χ3n) is 1.53. The number of hydrogen-bond donors (Lipinski definition) is 0. The minimum atomic E-state index is -0.242. The highest BCUT2D eigenvalue weighted by molar-refractivity contribution is 6.01. The van der Waals surface area contributed by atoms with E-state index in [9.17, 15) is 4.79 Å². The number of allylic oxidation sites excluding steroid dienone is 1. The van der Waals surface area contributed by atoms with Crippen LogP contribution in [0.5, 0.6) is 0 Å². The fraction of sp³-hybridized carbons (Fsp3) is 0.222. The monoisotopic (exact) mass is 175 g/mol. The minimum absolute atomic E-state index is 0.124. The molecular weight excluding hydrogens is 166 g/mol. The van der Waals surface area contributed by atoms with Gasteiger partial charge in [0.1, 0.15) is 6.07 Å². The Kier molecular flexibility index (Phi) is 2.60. The van der Waals surface area contributed by atoms with Crippen LogP contribution >= 0.6 is 0 Å². The molecule has 1 aromatic heterocycles. The minimum Gasteiger partial charge on any atom is -0.294 e. The molecule has 0 aliphatic heterocycles. The van der Waals surface area contributed by atoms with Crippen molar-refractivity contribution in [3.8, 4) is 6.07 Å². The van der Waals surface area contributed by atoms with Gasteiger partial charge in [-0.15, -0.1) is 0 Å². The van der Waals surface area contributed by atoms with Gasteiger partial charge in [0.05, 0.1) is 11.3 Å². The first-order valence-corrected chi connectivity index (χ1v) is 3.76. The Hall–Kier alpha value is -1.89. The topological polar surface area (TPSA) is 58.7 Å². The molecule has 0 saturated carbocycles. The number of rotatable bonds is 2. The maximum atomic E-state index is 10.9. The molecule has 13 heavy (non-hydrogen) atoms. The molecule has 66 valence electrons. The van der Waals surface area contributed by atoms with E-state index in [0.29, 0.717) is 5.69 Å². The Morgan fingerprint density at radius 3 is 2.85 bits per heavy atom. The van der Waals surface area contributed by atoms with Crippen molar-refractivity contribution in [3.63, 3.8) is 0 Å². The van der Waals surface area contributed by atoms with Gasteiger partial charge in [0, 0.05) is 13.2 Å². The number of ketones is 1. The van der Waals surface area contributed by atoms with Crippen LogP contribution in [0.3, 0.4) is 0 Å². The summed E-state index contributed by atoms with van der Waals surface area (Å²) in [7, 11) is 1.77. The van der Waals surface area contributed by atoms with E-state index in [1.165, 1.54) is 13.0 Å². The first kappa shape index (κ1) is 9.20. The normalized spacial score (nSPS) is 11.0. The van der Waals surface area contributed by atoms with Crippen molar-refractivity contribution < 1.29 is 4.79 Å². The standard InChI is InChI=1S/C9H9N3O/c1-7(13)8(6-10)5-9-3-4-12(2)11-9/h3-5H,1-2H3/b8-5+. The van der Waals surface area contributed by atoms with E-state index >= 15 is 0 Å². The van der Waals surface area contributed by atoms with Gasteiger partial charge in [-0.05, 0) is 19.1 Å². The molecule has 0 unspecified atom stereocenters. The zero-order chi connectivity index (χ0) is 9.84. The van der Waals surface area contributed by atoms with Crippen molar-refractivity contribution in [3.05, 3.63) is 23.5 Å². The zero-order valence-corrected chi connectivity index (χ0v) is 7.48. The van der Waals surface area contributed by atoms with Crippen molar-refractivity contribution in [2.45, 2.75) is 6.92 Å². The van der Waals surface area contributed by atoms with E-state index in [0.717, 1.165) is 0 Å². The summed E-state index contributed by atoms with van der Waals surface area (Å²) in [4.78, 5) is 10.9. The number of carbonyl (C=O) groups is 1. The van der Waals surface area contributed by atoms with E-state index in [-0.39, 0.29) is 11.4 Å². The van der Waals surface area contributed by atoms with Crippen LogP contribution in [0.4, 0.5) is 0 Å². The third-order valence-corrected chi connectivity index (χ3v) is 1.53. The van der Waals surface area contributed by atoms with Crippen molar-refractivity contribution in [1.82, 2.24) is 9.78 Å². The van der Waals surface area contributed by atoms with Crippen LogP contribution in [0.15, 0.2) is 17.8 Å². The first-order valence-electron chi connectivity index (χ1n) is 3.76. The molecular formula is C9H9N3O. The molecule has 0 spiro atoms. The average Bonchev–Trinajstić information content (AvgIpc) is 2.46. The molecule has 1 heterocycles. The number of carbonyl (C=O) groups excluding carboxylic acids is 1. The van der Waals surface area contributed by atoms with E-state index in [1.807, 2.05) is 6.07 Å². The molecule has 0 saturated heterocycles. The lowest BCUT2D eigenvalue weighted by molar-refractivity contribution is -0.113. The average molecular weight is 175 g/mol. The van der Waals surface area contributed by atoms with Crippen LogP contribution in [0, 0.1) is 11.3 Å². The van der Waals surface area contributed by atoms with Gasteiger partial charge >= 0.3 is 0 Å². The summed E-state index contributed by atoms with van der Waals surface area (Å²) in [6.07, 6.45) is 3.23. The van der Waals surface area contributed by atoms with E-state index in [4.69, 9.17) is 5.26 Å². The molecule has 0 amide bonds. The van der Waals surface area contributed by atoms with Crippen LogP contribution < -0.4 is 0 Å². The second-order valence-corrected chi connectivity index (χ2v) is 2.64. The number of nitriles is 1. The van der Waals surface area contributed by atoms with Crippen molar-refractivity contribution in [2.24, 2.45) is 7.05 Å². The number of nitrogens with zero attached hydrogens (tertiary/aromatic N) is 3. The molecule has 4 nitrogen and oxygen atoms in total.